The molecule has 0 aliphatic rings. The molecule has 1 atom stereocenters. The fourth-order valence-electron chi connectivity index (χ4n) is 2.27. The Morgan fingerprint density at radius 3 is 2.76 bits per heavy atom. The summed E-state index contributed by atoms with van der Waals surface area (Å²) in [6.07, 6.45) is 3.64. The molecule has 6 nitrogen and oxygen atoms in total. The molecule has 0 radical (unpaired) electrons. The second kappa shape index (κ2) is 5.99. The fourth-order valence-corrected chi connectivity index (χ4v) is 2.27. The number of rotatable bonds is 5. The Morgan fingerprint density at radius 1 is 1.43 bits per heavy atom. The number of fused-ring (bicyclic) bond motifs is 1. The third-order valence-electron chi connectivity index (χ3n) is 3.39. The zero-order valence-corrected chi connectivity index (χ0v) is 13.5. The lowest BCUT2D eigenvalue weighted by Gasteiger charge is -2.22. The first-order valence-electron chi connectivity index (χ1n) is 7.13. The van der Waals surface area contributed by atoms with Crippen molar-refractivity contribution in [3.05, 3.63) is 24.2 Å². The lowest BCUT2D eigenvalue weighted by atomic mass is 9.92. The highest BCUT2D eigenvalue weighted by molar-refractivity contribution is 5.69. The number of hydrogen-bond acceptors (Lipinski definition) is 5. The summed E-state index contributed by atoms with van der Waals surface area (Å²) in [5.74, 6) is 0.882. The van der Waals surface area contributed by atoms with E-state index in [0.717, 1.165) is 17.0 Å². The van der Waals surface area contributed by atoms with Crippen molar-refractivity contribution in [2.24, 2.45) is 5.73 Å². The van der Waals surface area contributed by atoms with Crippen molar-refractivity contribution in [1.29, 1.82) is 0 Å². The van der Waals surface area contributed by atoms with Crippen molar-refractivity contribution in [1.82, 2.24) is 14.6 Å². The van der Waals surface area contributed by atoms with Crippen LogP contribution in [0.15, 0.2) is 18.5 Å². The Bertz CT molecular complexity index is 602. The zero-order valence-electron chi connectivity index (χ0n) is 13.5. The third kappa shape index (κ3) is 3.51. The standard InChI is InChI=1S/C15H25N5O/c1-15(2,3)13-8-12-14(17-6-7-20(12)18-13)19(4)9-11(16)10-21-5/h6-8,11H,9-10,16H2,1-5H3. The van der Waals surface area contributed by atoms with Gasteiger partial charge in [0.2, 0.25) is 0 Å². The molecule has 0 aliphatic heterocycles. The zero-order chi connectivity index (χ0) is 15.6. The average Bonchev–Trinajstić information content (AvgIpc) is 2.82. The molecule has 0 aromatic carbocycles. The second-order valence-corrected chi connectivity index (χ2v) is 6.46. The molecule has 1 unspecified atom stereocenters. The van der Waals surface area contributed by atoms with Crippen LogP contribution in [0, 0.1) is 0 Å². The van der Waals surface area contributed by atoms with Gasteiger partial charge in [-0.15, -0.1) is 0 Å². The monoisotopic (exact) mass is 291 g/mol. The van der Waals surface area contributed by atoms with Gasteiger partial charge in [0, 0.05) is 44.6 Å². The van der Waals surface area contributed by atoms with E-state index in [2.05, 4.69) is 36.9 Å². The Balaban J connectivity index is 2.33. The molecule has 0 saturated heterocycles. The topological polar surface area (TPSA) is 68.7 Å². The number of anilines is 1. The molecule has 0 amide bonds. The minimum Gasteiger partial charge on any atom is -0.383 e. The molecule has 0 fully saturated rings. The van der Waals surface area contributed by atoms with Crippen molar-refractivity contribution in [2.45, 2.75) is 32.2 Å². The van der Waals surface area contributed by atoms with Crippen molar-refractivity contribution in [2.75, 3.05) is 32.2 Å². The maximum Gasteiger partial charge on any atom is 0.154 e. The molecule has 21 heavy (non-hydrogen) atoms. The lowest BCUT2D eigenvalue weighted by Crippen LogP contribution is -2.38. The van der Waals surface area contributed by atoms with E-state index in [1.807, 2.05) is 22.7 Å². The number of methoxy groups -OCH3 is 1. The molecule has 0 spiro atoms. The van der Waals surface area contributed by atoms with Crippen LogP contribution in [0.2, 0.25) is 0 Å². The van der Waals surface area contributed by atoms with Crippen molar-refractivity contribution in [3.63, 3.8) is 0 Å². The number of ether oxygens (including phenoxy) is 1. The number of hydrogen-bond donors (Lipinski definition) is 1. The fraction of sp³-hybridized carbons (Fsp3) is 0.600. The predicted molar refractivity (Wildman–Crippen MR) is 84.8 cm³/mol. The van der Waals surface area contributed by atoms with Crippen LogP contribution in [0.1, 0.15) is 26.5 Å². The molecule has 2 aromatic heterocycles. The Labute approximate surface area is 125 Å². The summed E-state index contributed by atoms with van der Waals surface area (Å²) >= 11 is 0. The smallest absolute Gasteiger partial charge is 0.154 e. The highest BCUT2D eigenvalue weighted by atomic mass is 16.5. The Hall–Kier alpha value is -1.66. The van der Waals surface area contributed by atoms with Crippen LogP contribution in [-0.4, -0.2) is 47.9 Å². The molecule has 0 saturated carbocycles. The van der Waals surface area contributed by atoms with Gasteiger partial charge >= 0.3 is 0 Å². The van der Waals surface area contributed by atoms with Crippen LogP contribution in [0.4, 0.5) is 5.82 Å². The van der Waals surface area contributed by atoms with Crippen LogP contribution < -0.4 is 10.6 Å². The number of aromatic nitrogens is 3. The highest BCUT2D eigenvalue weighted by Gasteiger charge is 2.20. The van der Waals surface area contributed by atoms with Gasteiger partial charge in [-0.1, -0.05) is 20.8 Å². The summed E-state index contributed by atoms with van der Waals surface area (Å²) < 4.78 is 6.96. The van der Waals surface area contributed by atoms with Crippen LogP contribution in [0.3, 0.4) is 0 Å². The molecule has 6 heteroatoms. The molecule has 2 aromatic rings. The van der Waals surface area contributed by atoms with Gasteiger partial charge in [-0.3, -0.25) is 0 Å². The molecule has 116 valence electrons. The number of nitrogens with two attached hydrogens (primary N) is 1. The quantitative estimate of drug-likeness (QED) is 0.902. The first-order valence-corrected chi connectivity index (χ1v) is 7.13. The summed E-state index contributed by atoms with van der Waals surface area (Å²) in [6.45, 7) is 7.66. The van der Waals surface area contributed by atoms with Gasteiger partial charge in [0.1, 0.15) is 5.52 Å². The van der Waals surface area contributed by atoms with E-state index in [4.69, 9.17) is 10.5 Å². The highest BCUT2D eigenvalue weighted by Crippen LogP contribution is 2.25. The van der Waals surface area contributed by atoms with Crippen LogP contribution in [0.25, 0.3) is 5.52 Å². The first-order chi connectivity index (χ1) is 9.82. The molecule has 2 heterocycles. The van der Waals surface area contributed by atoms with Gasteiger partial charge in [0.05, 0.1) is 12.3 Å². The van der Waals surface area contributed by atoms with Gasteiger partial charge < -0.3 is 15.4 Å². The minimum absolute atomic E-state index is 0.00825. The van der Waals surface area contributed by atoms with Crippen molar-refractivity contribution >= 4 is 11.3 Å². The summed E-state index contributed by atoms with van der Waals surface area (Å²) in [6, 6.07) is 2.05. The number of nitrogens with zero attached hydrogens (tertiary/aromatic N) is 4. The van der Waals surface area contributed by atoms with E-state index in [1.54, 1.807) is 13.3 Å². The minimum atomic E-state index is -0.0490. The van der Waals surface area contributed by atoms with E-state index in [0.29, 0.717) is 13.2 Å². The molecule has 0 bridgehead atoms. The normalized spacial score (nSPS) is 13.6. The van der Waals surface area contributed by atoms with Gasteiger partial charge in [-0.05, 0) is 6.07 Å². The van der Waals surface area contributed by atoms with E-state index < -0.39 is 0 Å². The predicted octanol–water partition coefficient (Wildman–Crippen LogP) is 1.44. The summed E-state index contributed by atoms with van der Waals surface area (Å²) in [5.41, 5.74) is 8.07. The largest absolute Gasteiger partial charge is 0.383 e. The molecular weight excluding hydrogens is 266 g/mol. The molecule has 0 aliphatic carbocycles. The van der Waals surface area contributed by atoms with Gasteiger partial charge in [-0.2, -0.15) is 5.10 Å². The van der Waals surface area contributed by atoms with Gasteiger partial charge in [0.15, 0.2) is 5.82 Å². The van der Waals surface area contributed by atoms with Crippen LogP contribution in [-0.2, 0) is 10.2 Å². The van der Waals surface area contributed by atoms with Crippen molar-refractivity contribution < 1.29 is 4.74 Å². The summed E-state index contributed by atoms with van der Waals surface area (Å²) in [5, 5.41) is 4.64. The third-order valence-corrected chi connectivity index (χ3v) is 3.39. The number of likely N-dealkylation sites (N-methyl/N-ethyl adjacent to an activating group) is 1. The lowest BCUT2D eigenvalue weighted by molar-refractivity contribution is 0.181. The molecule has 2 rings (SSSR count). The average molecular weight is 291 g/mol. The molecule has 2 N–H and O–H groups in total. The summed E-state index contributed by atoms with van der Waals surface area (Å²) in [7, 11) is 3.65. The Morgan fingerprint density at radius 2 is 2.14 bits per heavy atom. The Kier molecular flexibility index (Phi) is 4.49. The molecular formula is C15H25N5O. The first kappa shape index (κ1) is 15.7. The second-order valence-electron chi connectivity index (χ2n) is 6.46. The van der Waals surface area contributed by atoms with E-state index in [9.17, 15) is 0 Å². The van der Waals surface area contributed by atoms with Gasteiger partial charge in [-0.25, -0.2) is 9.50 Å². The SMILES string of the molecule is COCC(N)CN(C)c1nccn2nc(C(C)(C)C)cc12. The van der Waals surface area contributed by atoms with E-state index in [-0.39, 0.29) is 11.5 Å². The van der Waals surface area contributed by atoms with E-state index >= 15 is 0 Å². The van der Waals surface area contributed by atoms with Crippen LogP contribution >= 0.6 is 0 Å². The maximum absolute atomic E-state index is 6.02. The maximum atomic E-state index is 6.02. The van der Waals surface area contributed by atoms with Gasteiger partial charge in [0.25, 0.3) is 0 Å². The summed E-state index contributed by atoms with van der Waals surface area (Å²) in [4.78, 5) is 6.53. The van der Waals surface area contributed by atoms with Crippen LogP contribution in [0.5, 0.6) is 0 Å². The van der Waals surface area contributed by atoms with E-state index in [1.165, 1.54) is 0 Å². The van der Waals surface area contributed by atoms with Crippen molar-refractivity contribution in [3.8, 4) is 0 Å².